The van der Waals surface area contributed by atoms with Crippen molar-refractivity contribution >= 4 is 35.0 Å². The summed E-state index contributed by atoms with van der Waals surface area (Å²) in [6, 6.07) is 22.4. The lowest BCUT2D eigenvalue weighted by molar-refractivity contribution is 1.10. The van der Waals surface area contributed by atoms with Gasteiger partial charge < -0.3 is 9.97 Å². The molecular formula is C30H27Cl2N3. The molecule has 35 heavy (non-hydrogen) atoms. The summed E-state index contributed by atoms with van der Waals surface area (Å²) in [7, 11) is 0. The molecule has 3 heterocycles. The van der Waals surface area contributed by atoms with Crippen LogP contribution in [0.4, 0.5) is 0 Å². The van der Waals surface area contributed by atoms with E-state index >= 15 is 0 Å². The molecule has 0 unspecified atom stereocenters. The van der Waals surface area contributed by atoms with Crippen molar-refractivity contribution in [1.82, 2.24) is 9.97 Å². The van der Waals surface area contributed by atoms with Crippen molar-refractivity contribution in [2.45, 2.75) is 33.1 Å². The number of rotatable bonds is 7. The number of aliphatic imine (C=N–C) groups is 1. The number of halogens is 2. The lowest BCUT2D eigenvalue weighted by Gasteiger charge is -2.04. The Morgan fingerprint density at radius 2 is 1.54 bits per heavy atom. The van der Waals surface area contributed by atoms with Crippen molar-refractivity contribution in [3.63, 3.8) is 0 Å². The Morgan fingerprint density at radius 1 is 0.886 bits per heavy atom. The van der Waals surface area contributed by atoms with Crippen molar-refractivity contribution in [1.29, 1.82) is 0 Å². The Labute approximate surface area is 216 Å². The van der Waals surface area contributed by atoms with Gasteiger partial charge in [0.1, 0.15) is 0 Å². The van der Waals surface area contributed by atoms with Crippen LogP contribution in [-0.2, 0) is 12.8 Å². The van der Waals surface area contributed by atoms with Crippen molar-refractivity contribution < 1.29 is 0 Å². The van der Waals surface area contributed by atoms with Gasteiger partial charge >= 0.3 is 0 Å². The fourth-order valence-corrected chi connectivity index (χ4v) is 4.86. The second kappa shape index (κ2) is 10.2. The number of hydrogen-bond acceptors (Lipinski definition) is 1. The van der Waals surface area contributed by atoms with Gasteiger partial charge in [-0.2, -0.15) is 0 Å². The average Bonchev–Trinajstić information content (AvgIpc) is 3.58. The molecule has 2 N–H and O–H groups in total. The highest BCUT2D eigenvalue weighted by atomic mass is 35.5. The van der Waals surface area contributed by atoms with Gasteiger partial charge in [-0.15, -0.1) is 0 Å². The van der Waals surface area contributed by atoms with E-state index in [1.165, 1.54) is 27.8 Å². The van der Waals surface area contributed by atoms with E-state index in [0.29, 0.717) is 0 Å². The standard InChI is InChI=1S/C30H27Cl2N3/c1-3-26-19(2)28(35-30(26)27-5-4-14-33-27)18-29-22(15-20-6-10-23(31)11-7-20)17-25(34-29)16-21-8-12-24(32)13-9-21/h4-14,17-18,33-34H,3,15-16H2,1-2H3/b28-18-. The molecule has 0 radical (unpaired) electrons. The molecule has 176 valence electrons. The van der Waals surface area contributed by atoms with Crippen molar-refractivity contribution in [3.8, 4) is 0 Å². The van der Waals surface area contributed by atoms with Crippen LogP contribution in [0.3, 0.4) is 0 Å². The number of aromatic nitrogens is 2. The molecule has 0 aliphatic carbocycles. The lowest BCUT2D eigenvalue weighted by Crippen LogP contribution is -2.02. The summed E-state index contributed by atoms with van der Waals surface area (Å²) >= 11 is 12.2. The monoisotopic (exact) mass is 499 g/mol. The van der Waals surface area contributed by atoms with Crippen LogP contribution >= 0.6 is 23.2 Å². The zero-order valence-corrected chi connectivity index (χ0v) is 21.3. The SMILES string of the molecule is CCC1=C(C)/C(=C/c2[nH]c(Cc3ccc(Cl)cc3)cc2Cc2ccc(Cl)cc2)N=C1c1ccc[nH]1. The summed E-state index contributed by atoms with van der Waals surface area (Å²) in [4.78, 5) is 12.0. The maximum Gasteiger partial charge on any atom is 0.0906 e. The van der Waals surface area contributed by atoms with E-state index in [9.17, 15) is 0 Å². The Balaban J connectivity index is 1.53. The van der Waals surface area contributed by atoms with Gasteiger partial charge in [-0.05, 0) is 96.1 Å². The highest BCUT2D eigenvalue weighted by Gasteiger charge is 2.22. The molecule has 0 saturated heterocycles. The molecule has 0 saturated carbocycles. The molecule has 0 atom stereocenters. The first-order valence-corrected chi connectivity index (χ1v) is 12.6. The summed E-state index contributed by atoms with van der Waals surface area (Å²) < 4.78 is 0. The maximum atomic E-state index is 6.12. The lowest BCUT2D eigenvalue weighted by atomic mass is 10.0. The fourth-order valence-electron chi connectivity index (χ4n) is 4.61. The number of benzene rings is 2. The largest absolute Gasteiger partial charge is 0.360 e. The molecule has 0 amide bonds. The van der Waals surface area contributed by atoms with Crippen LogP contribution in [0.2, 0.25) is 10.0 Å². The third-order valence-electron chi connectivity index (χ3n) is 6.45. The molecule has 0 spiro atoms. The topological polar surface area (TPSA) is 43.9 Å². The number of H-pyrrole nitrogens is 2. The van der Waals surface area contributed by atoms with Crippen LogP contribution in [-0.4, -0.2) is 15.7 Å². The Bertz CT molecular complexity index is 1420. The first kappa shape index (κ1) is 23.5. The van der Waals surface area contributed by atoms with Crippen molar-refractivity contribution in [3.05, 3.63) is 134 Å². The maximum absolute atomic E-state index is 6.12. The van der Waals surface area contributed by atoms with Gasteiger partial charge in [0.15, 0.2) is 0 Å². The zero-order chi connectivity index (χ0) is 24.4. The van der Waals surface area contributed by atoms with Crippen molar-refractivity contribution in [2.75, 3.05) is 0 Å². The highest BCUT2D eigenvalue weighted by molar-refractivity contribution is 6.30. The summed E-state index contributed by atoms with van der Waals surface area (Å²) in [5.74, 6) is 0. The third-order valence-corrected chi connectivity index (χ3v) is 6.95. The molecule has 5 rings (SSSR count). The van der Waals surface area contributed by atoms with E-state index in [2.05, 4.69) is 66.3 Å². The number of hydrogen-bond donors (Lipinski definition) is 2. The van der Waals surface area contributed by atoms with E-state index in [1.54, 1.807) is 0 Å². The van der Waals surface area contributed by atoms with Crippen LogP contribution in [0.25, 0.3) is 6.08 Å². The normalized spacial score (nSPS) is 14.7. The van der Waals surface area contributed by atoms with E-state index in [-0.39, 0.29) is 0 Å². The highest BCUT2D eigenvalue weighted by Crippen LogP contribution is 2.32. The minimum absolute atomic E-state index is 0.749. The molecule has 1 aliphatic heterocycles. The summed E-state index contributed by atoms with van der Waals surface area (Å²) in [6.45, 7) is 4.35. The average molecular weight is 500 g/mol. The van der Waals surface area contributed by atoms with E-state index in [4.69, 9.17) is 28.2 Å². The molecular weight excluding hydrogens is 473 g/mol. The second-order valence-electron chi connectivity index (χ2n) is 8.87. The third kappa shape index (κ3) is 5.22. The predicted molar refractivity (Wildman–Crippen MR) is 148 cm³/mol. The molecule has 2 aromatic heterocycles. The van der Waals surface area contributed by atoms with Gasteiger partial charge in [0.05, 0.1) is 17.1 Å². The second-order valence-corrected chi connectivity index (χ2v) is 9.74. The molecule has 5 heteroatoms. The first-order valence-electron chi connectivity index (χ1n) is 11.8. The van der Waals surface area contributed by atoms with Crippen LogP contribution in [0.5, 0.6) is 0 Å². The molecule has 4 aromatic rings. The van der Waals surface area contributed by atoms with E-state index in [0.717, 1.165) is 57.8 Å². The van der Waals surface area contributed by atoms with E-state index in [1.807, 2.05) is 36.5 Å². The van der Waals surface area contributed by atoms with Gasteiger partial charge in [0.25, 0.3) is 0 Å². The molecule has 0 fully saturated rings. The summed E-state index contributed by atoms with van der Waals surface area (Å²) in [5.41, 5.74) is 11.5. The van der Waals surface area contributed by atoms with Gasteiger partial charge in [0, 0.05) is 34.1 Å². The van der Waals surface area contributed by atoms with Gasteiger partial charge in [-0.3, -0.25) is 0 Å². The van der Waals surface area contributed by atoms with Crippen LogP contribution < -0.4 is 0 Å². The van der Waals surface area contributed by atoms with Gasteiger partial charge in [-0.25, -0.2) is 4.99 Å². The number of nitrogens with zero attached hydrogens (tertiary/aromatic N) is 1. The number of nitrogens with one attached hydrogen (secondary N) is 2. The van der Waals surface area contributed by atoms with Crippen molar-refractivity contribution in [2.24, 2.45) is 4.99 Å². The van der Waals surface area contributed by atoms with Crippen LogP contribution in [0.15, 0.2) is 94.8 Å². The Kier molecular flexibility index (Phi) is 6.81. The number of aromatic amines is 2. The molecule has 0 bridgehead atoms. The number of allylic oxidation sites excluding steroid dienone is 2. The van der Waals surface area contributed by atoms with E-state index < -0.39 is 0 Å². The van der Waals surface area contributed by atoms with Crippen LogP contribution in [0.1, 0.15) is 54.0 Å². The minimum atomic E-state index is 0.749. The Morgan fingerprint density at radius 3 is 2.14 bits per heavy atom. The smallest absolute Gasteiger partial charge is 0.0906 e. The quantitative estimate of drug-likeness (QED) is 0.256. The van der Waals surface area contributed by atoms with Crippen LogP contribution in [0, 0.1) is 0 Å². The summed E-state index contributed by atoms with van der Waals surface area (Å²) in [6.07, 6.45) is 6.69. The fraction of sp³-hybridized carbons (Fsp3) is 0.167. The summed E-state index contributed by atoms with van der Waals surface area (Å²) in [5, 5.41) is 1.50. The predicted octanol–water partition coefficient (Wildman–Crippen LogP) is 8.40. The zero-order valence-electron chi connectivity index (χ0n) is 19.8. The minimum Gasteiger partial charge on any atom is -0.360 e. The first-order chi connectivity index (χ1) is 17.0. The molecule has 3 nitrogen and oxygen atoms in total. The van der Waals surface area contributed by atoms with Gasteiger partial charge in [0.2, 0.25) is 0 Å². The molecule has 2 aromatic carbocycles. The van der Waals surface area contributed by atoms with Gasteiger partial charge in [-0.1, -0.05) is 54.4 Å². The molecule has 1 aliphatic rings. The Hall–Kier alpha value is -3.27.